The van der Waals surface area contributed by atoms with Crippen LogP contribution in [-0.2, 0) is 59.9 Å². The number of methoxy groups -OCH3 is 3. The summed E-state index contributed by atoms with van der Waals surface area (Å²) in [5.41, 5.74) is 4.52. The van der Waals surface area contributed by atoms with Crippen molar-refractivity contribution in [2.45, 2.75) is 183 Å². The van der Waals surface area contributed by atoms with E-state index in [4.69, 9.17) is 75.6 Å². The summed E-state index contributed by atoms with van der Waals surface area (Å²) in [6.45, 7) is 15.9. The van der Waals surface area contributed by atoms with Crippen LogP contribution in [0.4, 0.5) is 23.3 Å². The van der Waals surface area contributed by atoms with Gasteiger partial charge in [-0.05, 0) is 131 Å². The van der Waals surface area contributed by atoms with E-state index in [0.717, 1.165) is 85.7 Å². The number of nitrogens with one attached hydrogen (secondary N) is 4. The van der Waals surface area contributed by atoms with E-state index in [0.29, 0.717) is 151 Å². The lowest BCUT2D eigenvalue weighted by atomic mass is 9.96. The SMILES string of the molecule is C.C1CCOC1.CCO.CC[C@H]1C[C@@H](Nc2ncncc2C(=O)c2cc(CO)c(Cl)s2)C[C@@H]1C.CC[C@H]1C[C@@H](Nc2ncncc2C(=O)c2cc(COC)c(Cl)s2)C[C@@H]1C.COCc1cc(C(=O)c2cncnc2N[C@@H]2C[C@H](CO)[C@@H](C)C2)sc1Cl.COCc1cc(C(=O)c2cncnc2N[C@@H]2C[C@H](COS(N)(=O)=O)[C@@H](O)C2)sc1Cl. The van der Waals surface area contributed by atoms with Crippen LogP contribution >= 0.6 is 91.8 Å². The van der Waals surface area contributed by atoms with Crippen molar-refractivity contribution in [3.63, 3.8) is 0 Å². The Kier molecular flexibility index (Phi) is 40.3. The van der Waals surface area contributed by atoms with Crippen LogP contribution in [-0.4, -0.2) is 176 Å². The van der Waals surface area contributed by atoms with E-state index in [-0.39, 0.29) is 80.6 Å². The third-order valence-corrected chi connectivity index (χ3v) is 26.8. The molecule has 0 aromatic carbocycles. The molecular formula is C79H107Cl4N13O15S5. The fourth-order valence-electron chi connectivity index (χ4n) is 14.5. The van der Waals surface area contributed by atoms with Crippen LogP contribution in [0.15, 0.2) is 74.4 Å². The Morgan fingerprint density at radius 2 is 0.784 bits per heavy atom. The Morgan fingerprint density at radius 1 is 0.491 bits per heavy atom. The maximum Gasteiger partial charge on any atom is 0.333 e. The average Bonchev–Trinajstić information content (AvgIpc) is 1.65. The number of anilines is 4. The first-order valence-electron chi connectivity index (χ1n) is 38.0. The predicted octanol–water partition coefficient (Wildman–Crippen LogP) is 15.1. The zero-order valence-electron chi connectivity index (χ0n) is 65.7. The topological polar surface area (TPSA) is 407 Å². The molecule has 10 N–H and O–H groups in total. The smallest absolute Gasteiger partial charge is 0.333 e. The number of rotatable bonds is 29. The second kappa shape index (κ2) is 48.2. The molecule has 1 aliphatic heterocycles. The lowest BCUT2D eigenvalue weighted by Gasteiger charge is -2.15. The van der Waals surface area contributed by atoms with Crippen molar-refractivity contribution in [2.75, 3.05) is 75.6 Å². The maximum absolute atomic E-state index is 13.0. The first kappa shape index (κ1) is 96.8. The molecule has 9 heterocycles. The van der Waals surface area contributed by atoms with Crippen LogP contribution in [0.2, 0.25) is 17.3 Å². The number of hydrogen-bond donors (Lipinski definition) is 9. The second-order valence-electron chi connectivity index (χ2n) is 28.8. The number of halogens is 4. The molecule has 116 heavy (non-hydrogen) atoms. The molecule has 37 heteroatoms. The number of nitrogens with zero attached hydrogens (tertiary/aromatic N) is 8. The summed E-state index contributed by atoms with van der Waals surface area (Å²) in [5.74, 6) is 4.38. The average molecular weight is 1780 g/mol. The van der Waals surface area contributed by atoms with E-state index in [9.17, 15) is 42.9 Å². The van der Waals surface area contributed by atoms with Crippen LogP contribution < -0.4 is 26.4 Å². The number of ketones is 4. The minimum Gasteiger partial charge on any atom is -0.397 e. The van der Waals surface area contributed by atoms with Gasteiger partial charge in [0.1, 0.15) is 48.6 Å². The molecule has 8 aromatic rings. The highest BCUT2D eigenvalue weighted by Crippen LogP contribution is 2.41. The number of carbonyl (C=O) groups excluding carboxylic acids is 4. The normalized spacial score (nSPS) is 21.8. The van der Waals surface area contributed by atoms with Crippen LogP contribution in [0, 0.1) is 41.4 Å². The number of nitrogens with two attached hydrogens (primary N) is 1. The van der Waals surface area contributed by atoms with E-state index in [1.165, 1.54) is 97.4 Å². The van der Waals surface area contributed by atoms with Gasteiger partial charge in [-0.3, -0.25) is 23.4 Å². The highest BCUT2D eigenvalue weighted by molar-refractivity contribution is 7.84. The quantitative estimate of drug-likeness (QED) is 0.0197. The molecule has 4 saturated carbocycles. The Bertz CT molecular complexity index is 4420. The third-order valence-electron chi connectivity index (χ3n) is 20.5. The molecule has 0 spiro atoms. The standard InChI is InChI=1S/C19H24ClN3O2S.C18H22ClN3O3S.C18H22ClN3O2S.C17H21ClN4O6S2.C4H8O.C2H6O.CH4/c1-4-12-6-14(5-11(12)2)23-19-15(8-21-10-22-19)17(24)16-7-13(9-25-3)18(20)26-16;1-10-3-13(4-11(10)7-23)22-18-14(6-20-9-21-18)16(24)15-5-12(8-25-2)17(19)26-15;1-3-11-5-13(4-10(11)2)22-18-14(7-20-9-21-18)16(24)15-6-12(8-23)17(19)25-15;1-27-6-10-3-14(29-16(10)18)15(24)12-5-20-8-21-17(12)22-11-2-9(13(23)4-11)7-28-30(19,25)26;1-2-4-5-3-1;1-2-3;/h7-8,10-12,14H,4-6,9H2,1-3H3,(H,21,22,23);5-6,9-11,13,23H,3-4,7-8H2,1-2H3,(H,20,21,22);6-7,9-11,13,23H,3-5,8H2,1-2H3,(H,20,21,22);3,5,8-9,11,13,23H,2,4,6-7H2,1H3,(H2,19,25,26)(H,20,21,22);1-4H2;3H,2H2,1H3;1H4/t11-,12-,14-;10-,11+,13-;10-,11-,13-;9-,11-,13+;;;/m0001.../s1. The number of carbonyl (C=O) groups is 4. The number of aliphatic hydroxyl groups excluding tert-OH is 4. The van der Waals surface area contributed by atoms with Crippen molar-refractivity contribution >= 4 is 148 Å². The van der Waals surface area contributed by atoms with Crippen molar-refractivity contribution in [3.8, 4) is 0 Å². The first-order chi connectivity index (χ1) is 55.2. The van der Waals surface area contributed by atoms with E-state index in [1.807, 2.05) is 0 Å². The summed E-state index contributed by atoms with van der Waals surface area (Å²) < 4.78 is 48.8. The molecule has 5 aliphatic rings. The number of ether oxygens (including phenoxy) is 4. The van der Waals surface area contributed by atoms with Gasteiger partial charge in [0.2, 0.25) is 23.1 Å². The molecule has 28 nitrogen and oxygen atoms in total. The van der Waals surface area contributed by atoms with Crippen LogP contribution in [0.5, 0.6) is 0 Å². The maximum atomic E-state index is 13.0. The predicted molar refractivity (Wildman–Crippen MR) is 458 cm³/mol. The van der Waals surface area contributed by atoms with E-state index >= 15 is 0 Å². The molecule has 0 radical (unpaired) electrons. The molecule has 636 valence electrons. The van der Waals surface area contributed by atoms with Gasteiger partial charge in [0.25, 0.3) is 0 Å². The van der Waals surface area contributed by atoms with Crippen molar-refractivity contribution < 1.29 is 71.2 Å². The Labute approximate surface area is 714 Å². The van der Waals surface area contributed by atoms with Gasteiger partial charge in [-0.15, -0.1) is 45.3 Å². The van der Waals surface area contributed by atoms with Crippen LogP contribution in [0.25, 0.3) is 0 Å². The zero-order chi connectivity index (χ0) is 83.5. The molecule has 5 fully saturated rings. The number of aromatic nitrogens is 8. The van der Waals surface area contributed by atoms with E-state index in [1.54, 1.807) is 64.9 Å². The highest BCUT2D eigenvalue weighted by Gasteiger charge is 2.37. The molecule has 12 atom stereocenters. The summed E-state index contributed by atoms with van der Waals surface area (Å²) in [4.78, 5) is 86.9. The van der Waals surface area contributed by atoms with Gasteiger partial charge in [-0.1, -0.05) is 101 Å². The molecular weight excluding hydrogens is 1670 g/mol. The van der Waals surface area contributed by atoms with Crippen molar-refractivity contribution in [1.82, 2.24) is 39.9 Å². The fourth-order valence-corrected chi connectivity index (χ4v) is 19.7. The number of hydrogen-bond acceptors (Lipinski definition) is 31. The van der Waals surface area contributed by atoms with Gasteiger partial charge in [-0.2, -0.15) is 8.42 Å². The third kappa shape index (κ3) is 27.9. The van der Waals surface area contributed by atoms with Crippen molar-refractivity contribution in [3.05, 3.63) is 156 Å². The monoisotopic (exact) mass is 1780 g/mol. The van der Waals surface area contributed by atoms with Gasteiger partial charge < -0.3 is 60.6 Å². The summed E-state index contributed by atoms with van der Waals surface area (Å²) in [7, 11) is 0.654. The van der Waals surface area contributed by atoms with Gasteiger partial charge in [0.15, 0.2) is 0 Å². The van der Waals surface area contributed by atoms with E-state index in [2.05, 4.69) is 99.9 Å². The summed E-state index contributed by atoms with van der Waals surface area (Å²) in [5, 5.41) is 54.8. The molecule has 8 aromatic heterocycles. The number of aliphatic hydroxyl groups is 4. The van der Waals surface area contributed by atoms with Crippen LogP contribution in [0.1, 0.15) is 209 Å². The molecule has 1 saturated heterocycles. The van der Waals surface area contributed by atoms with Crippen LogP contribution in [0.3, 0.4) is 0 Å². The Morgan fingerprint density at radius 3 is 1.04 bits per heavy atom. The molecule has 0 amide bonds. The minimum atomic E-state index is -4.08. The molecule has 4 aliphatic carbocycles. The lowest BCUT2D eigenvalue weighted by molar-refractivity contribution is 0.100. The van der Waals surface area contributed by atoms with Gasteiger partial charge in [0.05, 0.1) is 98.2 Å². The largest absolute Gasteiger partial charge is 0.397 e. The molecule has 0 bridgehead atoms. The van der Waals surface area contributed by atoms with Crippen molar-refractivity contribution in [1.29, 1.82) is 0 Å². The second-order valence-corrected chi connectivity index (χ2v) is 36.6. The van der Waals surface area contributed by atoms with Crippen molar-refractivity contribution in [2.24, 2.45) is 46.6 Å². The number of thiophene rings is 4. The zero-order valence-corrected chi connectivity index (χ0v) is 72.8. The Balaban J connectivity index is 0.000000206. The minimum absolute atomic E-state index is 0. The molecule has 13 rings (SSSR count). The lowest BCUT2D eigenvalue weighted by Crippen LogP contribution is -2.24. The molecule has 0 unspecified atom stereocenters. The van der Waals surface area contributed by atoms with Gasteiger partial charge in [0, 0.05) is 125 Å². The Hall–Kier alpha value is -6.29. The summed E-state index contributed by atoms with van der Waals surface area (Å²) in [6.07, 6.45) is 22.8. The van der Waals surface area contributed by atoms with Gasteiger partial charge in [-0.25, -0.2) is 45.0 Å². The first-order valence-corrected chi connectivity index (χ1v) is 44.2. The highest BCUT2D eigenvalue weighted by atomic mass is 35.5. The summed E-state index contributed by atoms with van der Waals surface area (Å²) in [6, 6.07) is 7.46. The van der Waals surface area contributed by atoms with Gasteiger partial charge >= 0.3 is 10.3 Å². The fraction of sp³-hybridized carbons (Fsp3) is 0.544. The van der Waals surface area contributed by atoms with E-state index < -0.39 is 22.3 Å². The summed E-state index contributed by atoms with van der Waals surface area (Å²) >= 11 is 29.5.